The first-order valence-electron chi connectivity index (χ1n) is 5.44. The normalized spacial score (nSPS) is 10.3. The quantitative estimate of drug-likeness (QED) is 0.885. The third-order valence-electron chi connectivity index (χ3n) is 2.55. The Morgan fingerprint density at radius 2 is 1.84 bits per heavy atom. The fourth-order valence-corrected chi connectivity index (χ4v) is 1.90. The molecule has 0 aliphatic rings. The summed E-state index contributed by atoms with van der Waals surface area (Å²) in [5.74, 6) is -0.0677. The van der Waals surface area contributed by atoms with Crippen molar-refractivity contribution in [1.82, 2.24) is 0 Å². The molecule has 0 aliphatic carbocycles. The zero-order valence-electron chi connectivity index (χ0n) is 9.98. The highest BCUT2D eigenvalue weighted by molar-refractivity contribution is 6.32. The number of benzene rings is 2. The van der Waals surface area contributed by atoms with Gasteiger partial charge in [0, 0.05) is 5.02 Å². The molecule has 0 saturated heterocycles. The summed E-state index contributed by atoms with van der Waals surface area (Å²) in [6, 6.07) is 9.57. The molecule has 0 radical (unpaired) electrons. The third kappa shape index (κ3) is 3.19. The Labute approximate surface area is 120 Å². The Kier molecular flexibility index (Phi) is 3.98. The van der Waals surface area contributed by atoms with Gasteiger partial charge in [-0.3, -0.25) is 0 Å². The number of halogens is 2. The van der Waals surface area contributed by atoms with Crippen LogP contribution in [-0.2, 0) is 0 Å². The lowest BCUT2D eigenvalue weighted by atomic mass is 10.2. The fraction of sp³-hybridized carbons (Fsp3) is 0.0714. The summed E-state index contributed by atoms with van der Waals surface area (Å²) >= 11 is 11.9. The Balaban J connectivity index is 2.33. The molecule has 2 aromatic rings. The van der Waals surface area contributed by atoms with E-state index in [1.165, 1.54) is 18.2 Å². The molecule has 19 heavy (non-hydrogen) atoms. The van der Waals surface area contributed by atoms with Crippen molar-refractivity contribution in [3.8, 4) is 11.5 Å². The standard InChI is InChI=1S/C14H10Cl2O3/c1-8-2-4-10(15)7-13(8)19-12-5-3-9(14(17)18)6-11(12)16/h2-7H,1H3,(H,17,18). The van der Waals surface area contributed by atoms with E-state index >= 15 is 0 Å². The lowest BCUT2D eigenvalue weighted by molar-refractivity contribution is 0.0697. The number of hydrogen-bond acceptors (Lipinski definition) is 2. The van der Waals surface area contributed by atoms with Crippen LogP contribution in [0.25, 0.3) is 0 Å². The zero-order valence-corrected chi connectivity index (χ0v) is 11.5. The van der Waals surface area contributed by atoms with E-state index in [0.717, 1.165) is 5.56 Å². The van der Waals surface area contributed by atoms with E-state index in [2.05, 4.69) is 0 Å². The van der Waals surface area contributed by atoms with Crippen LogP contribution < -0.4 is 4.74 Å². The predicted molar refractivity (Wildman–Crippen MR) is 74.7 cm³/mol. The van der Waals surface area contributed by atoms with Crippen molar-refractivity contribution in [2.24, 2.45) is 0 Å². The minimum atomic E-state index is -1.03. The number of aryl methyl sites for hydroxylation is 1. The van der Waals surface area contributed by atoms with Crippen molar-refractivity contribution >= 4 is 29.2 Å². The number of rotatable bonds is 3. The third-order valence-corrected chi connectivity index (χ3v) is 3.08. The van der Waals surface area contributed by atoms with Crippen LogP contribution in [0, 0.1) is 6.92 Å². The number of carboxylic acids is 1. The zero-order chi connectivity index (χ0) is 14.0. The fourth-order valence-electron chi connectivity index (χ4n) is 1.52. The molecule has 0 heterocycles. The molecule has 1 N–H and O–H groups in total. The molecule has 0 aliphatic heterocycles. The maximum atomic E-state index is 10.8. The largest absolute Gasteiger partial charge is 0.478 e. The Bertz CT molecular complexity index is 639. The van der Waals surface area contributed by atoms with E-state index in [1.54, 1.807) is 12.1 Å². The molecular formula is C14H10Cl2O3. The first-order valence-corrected chi connectivity index (χ1v) is 6.20. The predicted octanol–water partition coefficient (Wildman–Crippen LogP) is 4.79. The molecular weight excluding hydrogens is 287 g/mol. The Morgan fingerprint density at radius 1 is 1.11 bits per heavy atom. The van der Waals surface area contributed by atoms with E-state index in [9.17, 15) is 4.79 Å². The number of carbonyl (C=O) groups is 1. The van der Waals surface area contributed by atoms with Crippen LogP contribution in [0.4, 0.5) is 0 Å². The summed E-state index contributed by atoms with van der Waals surface area (Å²) in [4.78, 5) is 10.8. The van der Waals surface area contributed by atoms with Crippen LogP contribution in [-0.4, -0.2) is 11.1 Å². The van der Waals surface area contributed by atoms with Crippen molar-refractivity contribution in [2.75, 3.05) is 0 Å². The van der Waals surface area contributed by atoms with Gasteiger partial charge in [-0.25, -0.2) is 4.79 Å². The topological polar surface area (TPSA) is 46.5 Å². The second-order valence-electron chi connectivity index (χ2n) is 3.96. The lowest BCUT2D eigenvalue weighted by Crippen LogP contribution is -1.96. The second kappa shape index (κ2) is 5.51. The molecule has 0 unspecified atom stereocenters. The van der Waals surface area contributed by atoms with Gasteiger partial charge in [-0.15, -0.1) is 0 Å². The lowest BCUT2D eigenvalue weighted by Gasteiger charge is -2.10. The number of carboxylic acid groups (broad SMARTS) is 1. The monoisotopic (exact) mass is 296 g/mol. The number of ether oxygens (including phenoxy) is 1. The molecule has 5 heteroatoms. The highest BCUT2D eigenvalue weighted by Gasteiger charge is 2.10. The molecule has 98 valence electrons. The van der Waals surface area contributed by atoms with Gasteiger partial charge in [-0.05, 0) is 42.8 Å². The number of aromatic carboxylic acids is 1. The SMILES string of the molecule is Cc1ccc(Cl)cc1Oc1ccc(C(=O)O)cc1Cl. The molecule has 0 amide bonds. The van der Waals surface area contributed by atoms with Crippen LogP contribution in [0.15, 0.2) is 36.4 Å². The van der Waals surface area contributed by atoms with E-state index in [-0.39, 0.29) is 10.6 Å². The summed E-state index contributed by atoms with van der Waals surface area (Å²) in [6.07, 6.45) is 0. The van der Waals surface area contributed by atoms with Gasteiger partial charge in [0.05, 0.1) is 10.6 Å². The highest BCUT2D eigenvalue weighted by Crippen LogP contribution is 2.33. The molecule has 3 nitrogen and oxygen atoms in total. The second-order valence-corrected chi connectivity index (χ2v) is 4.81. The van der Waals surface area contributed by atoms with E-state index in [1.807, 2.05) is 13.0 Å². The summed E-state index contributed by atoms with van der Waals surface area (Å²) in [7, 11) is 0. The summed E-state index contributed by atoms with van der Waals surface area (Å²) in [6.45, 7) is 1.88. The minimum absolute atomic E-state index is 0.111. The molecule has 0 atom stereocenters. The average molecular weight is 297 g/mol. The smallest absolute Gasteiger partial charge is 0.335 e. The maximum Gasteiger partial charge on any atom is 0.335 e. The van der Waals surface area contributed by atoms with Crippen molar-refractivity contribution in [3.63, 3.8) is 0 Å². The average Bonchev–Trinajstić information content (AvgIpc) is 2.36. The first-order chi connectivity index (χ1) is 8.97. The van der Waals surface area contributed by atoms with Crippen LogP contribution in [0.2, 0.25) is 10.0 Å². The van der Waals surface area contributed by atoms with Crippen LogP contribution in [0.1, 0.15) is 15.9 Å². The van der Waals surface area contributed by atoms with E-state index in [4.69, 9.17) is 33.0 Å². The van der Waals surface area contributed by atoms with Crippen molar-refractivity contribution < 1.29 is 14.6 Å². The van der Waals surface area contributed by atoms with Crippen LogP contribution >= 0.6 is 23.2 Å². The number of hydrogen-bond donors (Lipinski definition) is 1. The van der Waals surface area contributed by atoms with Gasteiger partial charge < -0.3 is 9.84 Å². The van der Waals surface area contributed by atoms with Crippen LogP contribution in [0.5, 0.6) is 11.5 Å². The summed E-state index contributed by atoms with van der Waals surface area (Å²) in [5.41, 5.74) is 1.02. The Morgan fingerprint density at radius 3 is 2.47 bits per heavy atom. The first kappa shape index (κ1) is 13.7. The molecule has 0 saturated carbocycles. The summed E-state index contributed by atoms with van der Waals surface area (Å²) in [5, 5.41) is 9.64. The van der Waals surface area contributed by atoms with E-state index in [0.29, 0.717) is 16.5 Å². The van der Waals surface area contributed by atoms with Gasteiger partial charge in [0.15, 0.2) is 0 Å². The van der Waals surface area contributed by atoms with Gasteiger partial charge in [0.2, 0.25) is 0 Å². The molecule has 2 rings (SSSR count). The van der Waals surface area contributed by atoms with Gasteiger partial charge in [-0.2, -0.15) is 0 Å². The van der Waals surface area contributed by atoms with Crippen molar-refractivity contribution in [3.05, 3.63) is 57.6 Å². The van der Waals surface area contributed by atoms with E-state index < -0.39 is 5.97 Å². The molecule has 0 bridgehead atoms. The Hall–Kier alpha value is -1.71. The molecule has 0 aromatic heterocycles. The molecule has 0 fully saturated rings. The van der Waals surface area contributed by atoms with Crippen molar-refractivity contribution in [2.45, 2.75) is 6.92 Å². The maximum absolute atomic E-state index is 10.8. The van der Waals surface area contributed by atoms with Gasteiger partial charge >= 0.3 is 5.97 Å². The molecule has 2 aromatic carbocycles. The van der Waals surface area contributed by atoms with Gasteiger partial charge in [0.25, 0.3) is 0 Å². The highest BCUT2D eigenvalue weighted by atomic mass is 35.5. The molecule has 0 spiro atoms. The van der Waals surface area contributed by atoms with Gasteiger partial charge in [0.1, 0.15) is 11.5 Å². The minimum Gasteiger partial charge on any atom is -0.478 e. The summed E-state index contributed by atoms with van der Waals surface area (Å²) < 4.78 is 5.65. The van der Waals surface area contributed by atoms with Crippen molar-refractivity contribution in [1.29, 1.82) is 0 Å². The van der Waals surface area contributed by atoms with Crippen LogP contribution in [0.3, 0.4) is 0 Å². The van der Waals surface area contributed by atoms with Gasteiger partial charge in [-0.1, -0.05) is 29.3 Å².